The SMILES string of the molecule is FC(F)(F)c1ccccc1NC(=S)N1CCN(c2cccc(Cl)c2)CC1. The lowest BCUT2D eigenvalue weighted by atomic mass is 10.1. The van der Waals surface area contributed by atoms with Gasteiger partial charge < -0.3 is 15.1 Å². The average molecular weight is 400 g/mol. The zero-order valence-corrected chi connectivity index (χ0v) is 15.3. The van der Waals surface area contributed by atoms with Crippen molar-refractivity contribution in [2.24, 2.45) is 0 Å². The van der Waals surface area contributed by atoms with Gasteiger partial charge in [-0.3, -0.25) is 0 Å². The standard InChI is InChI=1S/C18H17ClF3N3S/c19-13-4-3-5-14(12-13)24-8-10-25(11-9-24)17(26)23-16-7-2-1-6-15(16)18(20,21)22/h1-7,12H,8-11H2,(H,23,26). The number of halogens is 4. The van der Waals surface area contributed by atoms with Gasteiger partial charge in [-0.25, -0.2) is 0 Å². The number of piperazine rings is 1. The van der Waals surface area contributed by atoms with Crippen LogP contribution in [0.4, 0.5) is 24.5 Å². The largest absolute Gasteiger partial charge is 0.418 e. The summed E-state index contributed by atoms with van der Waals surface area (Å²) >= 11 is 11.3. The molecule has 1 N–H and O–H groups in total. The van der Waals surface area contributed by atoms with Crippen molar-refractivity contribution in [2.75, 3.05) is 36.4 Å². The molecule has 0 atom stereocenters. The molecular formula is C18H17ClF3N3S. The van der Waals surface area contributed by atoms with E-state index in [0.717, 1.165) is 11.8 Å². The zero-order valence-electron chi connectivity index (χ0n) is 13.8. The molecule has 138 valence electrons. The van der Waals surface area contributed by atoms with Crippen molar-refractivity contribution in [3.05, 3.63) is 59.1 Å². The highest BCUT2D eigenvalue weighted by atomic mass is 35.5. The van der Waals surface area contributed by atoms with Crippen molar-refractivity contribution < 1.29 is 13.2 Å². The molecule has 0 amide bonds. The maximum Gasteiger partial charge on any atom is 0.418 e. The Labute approximate surface area is 160 Å². The Balaban J connectivity index is 1.63. The van der Waals surface area contributed by atoms with E-state index in [2.05, 4.69) is 10.2 Å². The summed E-state index contributed by atoms with van der Waals surface area (Å²) in [4.78, 5) is 4.05. The van der Waals surface area contributed by atoms with Gasteiger partial charge in [-0.15, -0.1) is 0 Å². The molecule has 1 aliphatic heterocycles. The van der Waals surface area contributed by atoms with Crippen molar-refractivity contribution in [3.63, 3.8) is 0 Å². The molecule has 0 unspecified atom stereocenters. The molecule has 0 bridgehead atoms. The third-order valence-electron chi connectivity index (χ3n) is 4.21. The van der Waals surface area contributed by atoms with Crippen LogP contribution in [0.15, 0.2) is 48.5 Å². The Morgan fingerprint density at radius 3 is 2.35 bits per heavy atom. The minimum atomic E-state index is -4.43. The van der Waals surface area contributed by atoms with Crippen LogP contribution in [0, 0.1) is 0 Å². The fourth-order valence-corrected chi connectivity index (χ4v) is 3.35. The third-order valence-corrected chi connectivity index (χ3v) is 4.81. The van der Waals surface area contributed by atoms with E-state index in [9.17, 15) is 13.2 Å². The summed E-state index contributed by atoms with van der Waals surface area (Å²) in [5.74, 6) is 0. The third kappa shape index (κ3) is 4.40. The van der Waals surface area contributed by atoms with Gasteiger partial charge >= 0.3 is 6.18 Å². The molecule has 0 radical (unpaired) electrons. The Bertz CT molecular complexity index is 789. The first-order valence-electron chi connectivity index (χ1n) is 8.07. The molecule has 1 heterocycles. The first kappa shape index (κ1) is 18.8. The lowest BCUT2D eigenvalue weighted by Crippen LogP contribution is -2.50. The van der Waals surface area contributed by atoms with Gasteiger partial charge in [0.05, 0.1) is 11.3 Å². The zero-order chi connectivity index (χ0) is 18.7. The number of para-hydroxylation sites is 1. The van der Waals surface area contributed by atoms with E-state index in [0.29, 0.717) is 36.3 Å². The van der Waals surface area contributed by atoms with Gasteiger partial charge in [0.1, 0.15) is 0 Å². The molecule has 0 spiro atoms. The molecule has 2 aromatic carbocycles. The lowest BCUT2D eigenvalue weighted by Gasteiger charge is -2.37. The number of nitrogens with zero attached hydrogens (tertiary/aromatic N) is 2. The summed E-state index contributed by atoms with van der Waals surface area (Å²) in [6.45, 7) is 2.66. The fourth-order valence-electron chi connectivity index (χ4n) is 2.87. The van der Waals surface area contributed by atoms with Crippen molar-refractivity contribution >= 4 is 40.3 Å². The van der Waals surface area contributed by atoms with Crippen LogP contribution < -0.4 is 10.2 Å². The van der Waals surface area contributed by atoms with E-state index in [-0.39, 0.29) is 5.69 Å². The van der Waals surface area contributed by atoms with Gasteiger partial charge in [0.15, 0.2) is 5.11 Å². The van der Waals surface area contributed by atoms with Crippen molar-refractivity contribution in [2.45, 2.75) is 6.18 Å². The van der Waals surface area contributed by atoms with Gasteiger partial charge in [0.25, 0.3) is 0 Å². The number of nitrogens with one attached hydrogen (secondary N) is 1. The number of thiocarbonyl (C=S) groups is 1. The highest BCUT2D eigenvalue weighted by molar-refractivity contribution is 7.80. The van der Waals surface area contributed by atoms with Gasteiger partial charge in [-0.2, -0.15) is 13.2 Å². The molecular weight excluding hydrogens is 383 g/mol. The van der Waals surface area contributed by atoms with Gasteiger partial charge in [-0.05, 0) is 42.5 Å². The highest BCUT2D eigenvalue weighted by Crippen LogP contribution is 2.34. The quantitative estimate of drug-likeness (QED) is 0.725. The number of hydrogen-bond donors (Lipinski definition) is 1. The second kappa shape index (κ2) is 7.72. The fraction of sp³-hybridized carbons (Fsp3) is 0.278. The van der Waals surface area contributed by atoms with Crippen LogP contribution in [-0.4, -0.2) is 36.2 Å². The summed E-state index contributed by atoms with van der Waals surface area (Å²) in [5.41, 5.74) is 0.278. The van der Waals surface area contributed by atoms with Crippen molar-refractivity contribution in [1.82, 2.24) is 4.90 Å². The smallest absolute Gasteiger partial charge is 0.368 e. The van der Waals surface area contributed by atoms with Gasteiger partial charge in [0, 0.05) is 36.9 Å². The molecule has 1 saturated heterocycles. The minimum absolute atomic E-state index is 0.0257. The summed E-state index contributed by atoms with van der Waals surface area (Å²) in [6, 6.07) is 12.9. The molecule has 8 heteroatoms. The molecule has 26 heavy (non-hydrogen) atoms. The molecule has 3 nitrogen and oxygen atoms in total. The van der Waals surface area contributed by atoms with Crippen molar-refractivity contribution in [3.8, 4) is 0 Å². The summed E-state index contributed by atoms with van der Waals surface area (Å²) in [6.07, 6.45) is -4.43. The van der Waals surface area contributed by atoms with E-state index in [1.54, 1.807) is 6.07 Å². The van der Waals surface area contributed by atoms with Gasteiger partial charge in [-0.1, -0.05) is 29.8 Å². The first-order valence-corrected chi connectivity index (χ1v) is 8.86. The van der Waals surface area contributed by atoms with Crippen LogP contribution in [0.5, 0.6) is 0 Å². The molecule has 0 aliphatic carbocycles. The Morgan fingerprint density at radius 2 is 1.69 bits per heavy atom. The summed E-state index contributed by atoms with van der Waals surface area (Å²) in [5, 5.41) is 3.72. The Hall–Kier alpha value is -1.99. The van der Waals surface area contributed by atoms with E-state index in [1.807, 2.05) is 29.2 Å². The predicted octanol–water partition coefficient (Wildman–Crippen LogP) is 4.88. The monoisotopic (exact) mass is 399 g/mol. The Kier molecular flexibility index (Phi) is 5.58. The van der Waals surface area contributed by atoms with E-state index >= 15 is 0 Å². The van der Waals surface area contributed by atoms with Crippen molar-refractivity contribution in [1.29, 1.82) is 0 Å². The normalized spacial score (nSPS) is 15.1. The number of hydrogen-bond acceptors (Lipinski definition) is 2. The van der Waals surface area contributed by atoms with Gasteiger partial charge in [0.2, 0.25) is 0 Å². The van der Waals surface area contributed by atoms with Crippen LogP contribution >= 0.6 is 23.8 Å². The molecule has 2 aromatic rings. The molecule has 0 saturated carbocycles. The number of benzene rings is 2. The minimum Gasteiger partial charge on any atom is -0.368 e. The topological polar surface area (TPSA) is 18.5 Å². The molecule has 1 fully saturated rings. The maximum atomic E-state index is 13.1. The summed E-state index contributed by atoms with van der Waals surface area (Å²) < 4.78 is 39.3. The number of rotatable bonds is 2. The average Bonchev–Trinajstić information content (AvgIpc) is 2.61. The van der Waals surface area contributed by atoms with E-state index < -0.39 is 11.7 Å². The van der Waals surface area contributed by atoms with Crippen LogP contribution in [0.3, 0.4) is 0 Å². The van der Waals surface area contributed by atoms with Crippen LogP contribution in [0.1, 0.15) is 5.56 Å². The maximum absolute atomic E-state index is 13.1. The summed E-state index contributed by atoms with van der Waals surface area (Å²) in [7, 11) is 0. The van der Waals surface area contributed by atoms with E-state index in [4.69, 9.17) is 23.8 Å². The van der Waals surface area contributed by atoms with Crippen LogP contribution in [-0.2, 0) is 6.18 Å². The number of alkyl halides is 3. The second-order valence-electron chi connectivity index (χ2n) is 5.93. The number of anilines is 2. The second-order valence-corrected chi connectivity index (χ2v) is 6.75. The van der Waals surface area contributed by atoms with Crippen LogP contribution in [0.25, 0.3) is 0 Å². The Morgan fingerprint density at radius 1 is 1.00 bits per heavy atom. The van der Waals surface area contributed by atoms with Crippen LogP contribution in [0.2, 0.25) is 5.02 Å². The predicted molar refractivity (Wildman–Crippen MR) is 103 cm³/mol. The molecule has 0 aromatic heterocycles. The molecule has 1 aliphatic rings. The molecule has 3 rings (SSSR count). The highest BCUT2D eigenvalue weighted by Gasteiger charge is 2.33. The first-order chi connectivity index (χ1) is 12.3. The van der Waals surface area contributed by atoms with E-state index in [1.165, 1.54) is 12.1 Å². The lowest BCUT2D eigenvalue weighted by molar-refractivity contribution is -0.136.